The monoisotopic (exact) mass is 373 g/mol. The number of benzene rings is 2. The van der Waals surface area contributed by atoms with Gasteiger partial charge in [-0.15, -0.1) is 0 Å². The van der Waals surface area contributed by atoms with E-state index in [0.717, 1.165) is 36.8 Å². The van der Waals surface area contributed by atoms with E-state index < -0.39 is 6.10 Å². The van der Waals surface area contributed by atoms with Gasteiger partial charge in [-0.05, 0) is 31.9 Å². The third kappa shape index (κ3) is 5.16. The molecular formula is C22H28ClNO2. The number of hydrogen-bond acceptors (Lipinski definition) is 3. The molecule has 2 aromatic rings. The van der Waals surface area contributed by atoms with Crippen molar-refractivity contribution in [3.05, 3.63) is 71.8 Å². The third-order valence-electron chi connectivity index (χ3n) is 5.42. The van der Waals surface area contributed by atoms with Crippen molar-refractivity contribution in [3.63, 3.8) is 0 Å². The Morgan fingerprint density at radius 3 is 2.31 bits per heavy atom. The van der Waals surface area contributed by atoms with Gasteiger partial charge in [-0.2, -0.15) is 0 Å². The van der Waals surface area contributed by atoms with Gasteiger partial charge in [-0.1, -0.05) is 67.1 Å². The maximum Gasteiger partial charge on any atom is 1.00 e. The zero-order valence-electron chi connectivity index (χ0n) is 16.2. The molecule has 1 aliphatic rings. The molecule has 1 fully saturated rings. The second-order valence-electron chi connectivity index (χ2n) is 7.06. The summed E-state index contributed by atoms with van der Waals surface area (Å²) in [5.41, 5.74) is 1.76. The summed E-state index contributed by atoms with van der Waals surface area (Å²) >= 11 is 0. The quantitative estimate of drug-likeness (QED) is 0.777. The molecule has 0 radical (unpaired) electrons. The number of carbonyl (C=O) groups is 1. The van der Waals surface area contributed by atoms with Crippen molar-refractivity contribution in [2.75, 3.05) is 7.05 Å². The second kappa shape index (κ2) is 9.86. The zero-order chi connectivity index (χ0) is 17.6. The summed E-state index contributed by atoms with van der Waals surface area (Å²) < 4.78 is 0. The molecule has 1 N–H and O–H groups in total. The molecule has 0 amide bonds. The molecule has 26 heavy (non-hydrogen) atoms. The fraction of sp³-hybridized carbons (Fsp3) is 0.409. The van der Waals surface area contributed by atoms with Crippen molar-refractivity contribution in [1.29, 1.82) is 0 Å². The minimum Gasteiger partial charge on any atom is -1.00 e. The molecule has 1 aliphatic heterocycles. The van der Waals surface area contributed by atoms with E-state index in [4.69, 9.17) is 0 Å². The van der Waals surface area contributed by atoms with Crippen molar-refractivity contribution < 1.29 is 23.7 Å². The molecule has 2 aromatic carbocycles. The SMILES string of the molecule is CN1C(CC(=O)c2ccccc2)CCCC1CC(O)c1ccccc1.[Cl-].[H+]. The average Bonchev–Trinajstić information content (AvgIpc) is 2.66. The van der Waals surface area contributed by atoms with Crippen LogP contribution in [0.2, 0.25) is 0 Å². The molecule has 1 heterocycles. The summed E-state index contributed by atoms with van der Waals surface area (Å²) in [6.07, 6.45) is 4.07. The Morgan fingerprint density at radius 1 is 1.08 bits per heavy atom. The molecule has 0 spiro atoms. The Kier molecular flexibility index (Phi) is 7.83. The Morgan fingerprint density at radius 2 is 1.65 bits per heavy atom. The lowest BCUT2D eigenvalue weighted by Gasteiger charge is -2.40. The summed E-state index contributed by atoms with van der Waals surface area (Å²) in [6.45, 7) is 0. The number of piperidine rings is 1. The van der Waals surface area contributed by atoms with E-state index in [1.54, 1.807) is 0 Å². The van der Waals surface area contributed by atoms with Crippen molar-refractivity contribution in [1.82, 2.24) is 4.90 Å². The summed E-state index contributed by atoms with van der Waals surface area (Å²) in [7, 11) is 2.10. The average molecular weight is 374 g/mol. The van der Waals surface area contributed by atoms with E-state index in [9.17, 15) is 9.90 Å². The van der Waals surface area contributed by atoms with Crippen LogP contribution in [0.4, 0.5) is 0 Å². The number of likely N-dealkylation sites (tertiary alicyclic amines) is 1. The van der Waals surface area contributed by atoms with Gasteiger partial charge in [0.1, 0.15) is 0 Å². The van der Waals surface area contributed by atoms with Gasteiger partial charge in [0.05, 0.1) is 6.10 Å². The minimum absolute atomic E-state index is 0. The fourth-order valence-corrected chi connectivity index (χ4v) is 3.85. The fourth-order valence-electron chi connectivity index (χ4n) is 3.85. The van der Waals surface area contributed by atoms with Crippen molar-refractivity contribution in [2.45, 2.75) is 50.3 Å². The van der Waals surface area contributed by atoms with E-state index in [1.807, 2.05) is 60.7 Å². The maximum atomic E-state index is 12.5. The lowest BCUT2D eigenvalue weighted by atomic mass is 9.88. The molecule has 0 bridgehead atoms. The van der Waals surface area contributed by atoms with E-state index in [0.29, 0.717) is 12.5 Å². The molecule has 0 aromatic heterocycles. The molecule has 4 heteroatoms. The normalized spacial score (nSPS) is 21.6. The Bertz CT molecular complexity index is 683. The predicted molar refractivity (Wildman–Crippen MR) is 102 cm³/mol. The lowest BCUT2D eigenvalue weighted by Crippen LogP contribution is -3.00. The highest BCUT2D eigenvalue weighted by Crippen LogP contribution is 2.30. The van der Waals surface area contributed by atoms with Gasteiger partial charge in [0.25, 0.3) is 0 Å². The van der Waals surface area contributed by atoms with E-state index in [2.05, 4.69) is 11.9 Å². The summed E-state index contributed by atoms with van der Waals surface area (Å²) in [5.74, 6) is 0.210. The van der Waals surface area contributed by atoms with Crippen LogP contribution in [0.1, 0.15) is 55.6 Å². The maximum absolute atomic E-state index is 12.5. The third-order valence-corrected chi connectivity index (χ3v) is 5.42. The van der Waals surface area contributed by atoms with Gasteiger partial charge in [0.15, 0.2) is 5.78 Å². The number of ketones is 1. The van der Waals surface area contributed by atoms with Gasteiger partial charge < -0.3 is 17.5 Å². The number of hydrogen-bond donors (Lipinski definition) is 1. The number of halogens is 1. The summed E-state index contributed by atoms with van der Waals surface area (Å²) in [5, 5.41) is 10.5. The molecule has 3 atom stereocenters. The molecular weight excluding hydrogens is 346 g/mol. The van der Waals surface area contributed by atoms with Gasteiger partial charge in [0.2, 0.25) is 0 Å². The molecule has 0 saturated carbocycles. The van der Waals surface area contributed by atoms with Crippen LogP contribution in [0, 0.1) is 0 Å². The van der Waals surface area contributed by atoms with Gasteiger partial charge in [0, 0.05) is 24.1 Å². The number of Topliss-reactive ketones (excluding diaryl/α,β-unsaturated/α-hetero) is 1. The molecule has 3 rings (SSSR count). The molecule has 1 saturated heterocycles. The van der Waals surface area contributed by atoms with Crippen molar-refractivity contribution in [3.8, 4) is 0 Å². The van der Waals surface area contributed by atoms with Crippen LogP contribution in [0.3, 0.4) is 0 Å². The Labute approximate surface area is 163 Å². The number of rotatable bonds is 6. The molecule has 0 aliphatic carbocycles. The smallest absolute Gasteiger partial charge is 1.00 e. The van der Waals surface area contributed by atoms with Gasteiger partial charge in [-0.25, -0.2) is 0 Å². The van der Waals surface area contributed by atoms with Gasteiger partial charge in [-0.3, -0.25) is 9.69 Å². The van der Waals surface area contributed by atoms with E-state index >= 15 is 0 Å². The first-order valence-corrected chi connectivity index (χ1v) is 9.18. The Balaban J connectivity index is 0.00000182. The topological polar surface area (TPSA) is 40.5 Å². The van der Waals surface area contributed by atoms with Crippen LogP contribution in [0.5, 0.6) is 0 Å². The van der Waals surface area contributed by atoms with E-state index in [1.165, 1.54) is 0 Å². The standard InChI is InChI=1S/C22H27NO2.ClH/c1-23-19(15-21(24)17-9-4-2-5-10-17)13-8-14-20(23)16-22(25)18-11-6-3-7-12-18;/h2-7,9-12,19-21,24H,8,13-16H2,1H3;1H. The van der Waals surface area contributed by atoms with Crippen LogP contribution in [-0.4, -0.2) is 34.9 Å². The van der Waals surface area contributed by atoms with E-state index in [-0.39, 0.29) is 25.7 Å². The van der Waals surface area contributed by atoms with Crippen LogP contribution >= 0.6 is 0 Å². The highest BCUT2D eigenvalue weighted by molar-refractivity contribution is 5.96. The first-order valence-electron chi connectivity index (χ1n) is 9.18. The number of aliphatic hydroxyl groups is 1. The van der Waals surface area contributed by atoms with Crippen molar-refractivity contribution in [2.24, 2.45) is 0 Å². The minimum atomic E-state index is -0.447. The second-order valence-corrected chi connectivity index (χ2v) is 7.06. The van der Waals surface area contributed by atoms with Crippen LogP contribution in [0.25, 0.3) is 0 Å². The first-order chi connectivity index (χ1) is 12.1. The van der Waals surface area contributed by atoms with Crippen molar-refractivity contribution >= 4 is 5.78 Å². The Hall–Kier alpha value is -1.68. The number of carbonyl (C=O) groups excluding carboxylic acids is 1. The summed E-state index contributed by atoms with van der Waals surface area (Å²) in [4.78, 5) is 14.8. The highest BCUT2D eigenvalue weighted by Gasteiger charge is 2.30. The lowest BCUT2D eigenvalue weighted by molar-refractivity contribution is -0.0000193. The number of aliphatic hydroxyl groups excluding tert-OH is 1. The van der Waals surface area contributed by atoms with Crippen LogP contribution in [-0.2, 0) is 0 Å². The molecule has 140 valence electrons. The van der Waals surface area contributed by atoms with Crippen LogP contribution in [0.15, 0.2) is 60.7 Å². The molecule has 3 unspecified atom stereocenters. The first kappa shape index (κ1) is 20.6. The highest BCUT2D eigenvalue weighted by atomic mass is 35.5. The zero-order valence-corrected chi connectivity index (χ0v) is 16.0. The largest absolute Gasteiger partial charge is 1.00 e. The predicted octanol–water partition coefficient (Wildman–Crippen LogP) is 1.35. The van der Waals surface area contributed by atoms with Gasteiger partial charge >= 0.3 is 1.43 Å². The summed E-state index contributed by atoms with van der Waals surface area (Å²) in [6, 6.07) is 20.0. The van der Waals surface area contributed by atoms with Crippen LogP contribution < -0.4 is 12.4 Å². The molecule has 3 nitrogen and oxygen atoms in total. The number of nitrogens with zero attached hydrogens (tertiary/aromatic N) is 1.